The highest BCUT2D eigenvalue weighted by Crippen LogP contribution is 2.12. The molecule has 12 heavy (non-hydrogen) atoms. The zero-order chi connectivity index (χ0) is 8.39. The van der Waals surface area contributed by atoms with Gasteiger partial charge in [-0.3, -0.25) is 0 Å². The van der Waals surface area contributed by atoms with Gasteiger partial charge in [0.15, 0.2) is 4.77 Å². The fraction of sp³-hybridized carbons (Fsp3) is 0.125. The van der Waals surface area contributed by atoms with Crippen LogP contribution in [0.25, 0.3) is 0 Å². The summed E-state index contributed by atoms with van der Waals surface area (Å²) in [5.74, 6) is 0. The largest absolute Gasteiger partial charge is 0.337 e. The van der Waals surface area contributed by atoms with E-state index in [0.717, 1.165) is 12.1 Å². The number of rotatable bonds is 2. The van der Waals surface area contributed by atoms with Crippen LogP contribution in [0.2, 0.25) is 0 Å². The smallest absolute Gasteiger partial charge is 0.174 e. The molecule has 2 nitrogen and oxygen atoms in total. The third kappa shape index (κ3) is 1.65. The molecule has 0 bridgehead atoms. The van der Waals surface area contributed by atoms with Crippen LogP contribution in [0, 0.1) is 4.77 Å². The summed E-state index contributed by atoms with van der Waals surface area (Å²) in [6, 6.07) is 4.18. The molecule has 0 aliphatic carbocycles. The predicted octanol–water partition coefficient (Wildman–Crippen LogP) is 2.72. The first-order chi connectivity index (χ1) is 5.84. The van der Waals surface area contributed by atoms with Gasteiger partial charge in [-0.2, -0.15) is 0 Å². The van der Waals surface area contributed by atoms with Gasteiger partial charge in [-0.25, -0.2) is 0 Å². The summed E-state index contributed by atoms with van der Waals surface area (Å²) in [5.41, 5.74) is 1.14. The van der Waals surface area contributed by atoms with Crippen molar-refractivity contribution in [3.8, 4) is 0 Å². The Morgan fingerprint density at radius 3 is 3.00 bits per heavy atom. The standard InChI is InChI=1S/C8H8N2S2/c11-8-9-5-6(10-8)4-7-2-1-3-12-7/h1-3,5H,4H2,(H2,9,10,11). The number of aromatic amines is 2. The lowest BCUT2D eigenvalue weighted by Crippen LogP contribution is -1.82. The molecule has 2 heterocycles. The van der Waals surface area contributed by atoms with Crippen molar-refractivity contribution < 1.29 is 0 Å². The van der Waals surface area contributed by atoms with Gasteiger partial charge in [0.2, 0.25) is 0 Å². The third-order valence-electron chi connectivity index (χ3n) is 1.60. The maximum atomic E-state index is 4.92. The third-order valence-corrected chi connectivity index (χ3v) is 2.69. The van der Waals surface area contributed by atoms with Crippen molar-refractivity contribution in [3.05, 3.63) is 39.1 Å². The number of thiophene rings is 1. The van der Waals surface area contributed by atoms with Crippen LogP contribution in [-0.2, 0) is 6.42 Å². The van der Waals surface area contributed by atoms with E-state index >= 15 is 0 Å². The lowest BCUT2D eigenvalue weighted by atomic mass is 10.3. The summed E-state index contributed by atoms with van der Waals surface area (Å²) in [7, 11) is 0. The van der Waals surface area contributed by atoms with E-state index in [2.05, 4.69) is 27.5 Å². The van der Waals surface area contributed by atoms with Crippen molar-refractivity contribution in [1.29, 1.82) is 0 Å². The monoisotopic (exact) mass is 196 g/mol. The second-order valence-corrected chi connectivity index (χ2v) is 3.96. The van der Waals surface area contributed by atoms with Crippen LogP contribution in [0.15, 0.2) is 23.7 Å². The summed E-state index contributed by atoms with van der Waals surface area (Å²) in [6.07, 6.45) is 2.85. The molecule has 2 rings (SSSR count). The molecule has 0 spiro atoms. The maximum absolute atomic E-state index is 4.92. The fourth-order valence-electron chi connectivity index (χ4n) is 1.07. The molecule has 2 aromatic rings. The Morgan fingerprint density at radius 1 is 1.50 bits per heavy atom. The molecule has 2 N–H and O–H groups in total. The molecule has 0 unspecified atom stereocenters. The van der Waals surface area contributed by atoms with E-state index in [0.29, 0.717) is 4.77 Å². The molecule has 0 amide bonds. The molecule has 62 valence electrons. The zero-order valence-corrected chi connectivity index (χ0v) is 7.97. The normalized spacial score (nSPS) is 10.3. The Bertz CT molecular complexity index is 397. The number of H-pyrrole nitrogens is 2. The van der Waals surface area contributed by atoms with Crippen molar-refractivity contribution >= 4 is 23.6 Å². The van der Waals surface area contributed by atoms with E-state index in [1.807, 2.05) is 6.20 Å². The molecule has 0 aliphatic rings. The molecule has 0 radical (unpaired) electrons. The highest BCUT2D eigenvalue weighted by Gasteiger charge is 1.97. The Balaban J connectivity index is 2.19. The van der Waals surface area contributed by atoms with Gasteiger partial charge in [-0.05, 0) is 23.7 Å². The van der Waals surface area contributed by atoms with Gasteiger partial charge in [0.05, 0.1) is 0 Å². The molecule has 0 aromatic carbocycles. The number of aromatic nitrogens is 2. The van der Waals surface area contributed by atoms with Crippen LogP contribution in [0.4, 0.5) is 0 Å². The van der Waals surface area contributed by atoms with Crippen LogP contribution in [0.5, 0.6) is 0 Å². The molecule has 0 aliphatic heterocycles. The van der Waals surface area contributed by atoms with Gasteiger partial charge in [-0.15, -0.1) is 11.3 Å². The number of nitrogens with one attached hydrogen (secondary N) is 2. The molecular weight excluding hydrogens is 188 g/mol. The summed E-state index contributed by atoms with van der Waals surface area (Å²) in [4.78, 5) is 7.37. The van der Waals surface area contributed by atoms with Crippen molar-refractivity contribution in [2.75, 3.05) is 0 Å². The molecule has 0 atom stereocenters. The van der Waals surface area contributed by atoms with Gasteiger partial charge in [0.25, 0.3) is 0 Å². The van der Waals surface area contributed by atoms with Crippen LogP contribution < -0.4 is 0 Å². The second kappa shape index (κ2) is 3.25. The molecule has 0 saturated heterocycles. The van der Waals surface area contributed by atoms with E-state index in [4.69, 9.17) is 12.2 Å². The number of hydrogen-bond acceptors (Lipinski definition) is 2. The van der Waals surface area contributed by atoms with E-state index in [1.165, 1.54) is 4.88 Å². The first-order valence-electron chi connectivity index (χ1n) is 3.63. The van der Waals surface area contributed by atoms with Gasteiger partial charge < -0.3 is 9.97 Å². The predicted molar refractivity (Wildman–Crippen MR) is 53.1 cm³/mol. The van der Waals surface area contributed by atoms with Crippen LogP contribution in [-0.4, -0.2) is 9.97 Å². The minimum Gasteiger partial charge on any atom is -0.337 e. The fourth-order valence-corrected chi connectivity index (χ4v) is 1.98. The highest BCUT2D eigenvalue weighted by molar-refractivity contribution is 7.71. The van der Waals surface area contributed by atoms with Crippen molar-refractivity contribution in [3.63, 3.8) is 0 Å². The number of hydrogen-bond donors (Lipinski definition) is 2. The van der Waals surface area contributed by atoms with Gasteiger partial charge in [0.1, 0.15) is 0 Å². The second-order valence-electron chi connectivity index (χ2n) is 2.52. The Morgan fingerprint density at radius 2 is 2.42 bits per heavy atom. The van der Waals surface area contributed by atoms with Gasteiger partial charge >= 0.3 is 0 Å². The van der Waals surface area contributed by atoms with E-state index < -0.39 is 0 Å². The van der Waals surface area contributed by atoms with E-state index in [1.54, 1.807) is 11.3 Å². The average Bonchev–Trinajstić information content (AvgIpc) is 2.63. The highest BCUT2D eigenvalue weighted by atomic mass is 32.1. The van der Waals surface area contributed by atoms with E-state index in [9.17, 15) is 0 Å². The summed E-state index contributed by atoms with van der Waals surface area (Å²) in [6.45, 7) is 0. The first kappa shape index (κ1) is 7.76. The molecular formula is C8H8N2S2. The first-order valence-corrected chi connectivity index (χ1v) is 4.92. The average molecular weight is 196 g/mol. The van der Waals surface area contributed by atoms with Gasteiger partial charge in [-0.1, -0.05) is 6.07 Å². The Hall–Kier alpha value is -0.870. The quantitative estimate of drug-likeness (QED) is 0.711. The SMILES string of the molecule is S=c1[nH]cc(Cc2cccs2)[nH]1. The van der Waals surface area contributed by atoms with Gasteiger partial charge in [0, 0.05) is 23.2 Å². The van der Waals surface area contributed by atoms with Crippen molar-refractivity contribution in [1.82, 2.24) is 9.97 Å². The zero-order valence-electron chi connectivity index (χ0n) is 6.33. The van der Waals surface area contributed by atoms with Crippen molar-refractivity contribution in [2.45, 2.75) is 6.42 Å². The number of imidazole rings is 1. The topological polar surface area (TPSA) is 31.6 Å². The Kier molecular flexibility index (Phi) is 2.10. The minimum absolute atomic E-state index is 0.696. The lowest BCUT2D eigenvalue weighted by molar-refractivity contribution is 1.13. The lowest BCUT2D eigenvalue weighted by Gasteiger charge is -1.90. The molecule has 4 heteroatoms. The minimum atomic E-state index is 0.696. The maximum Gasteiger partial charge on any atom is 0.174 e. The summed E-state index contributed by atoms with van der Waals surface area (Å²) < 4.78 is 0.696. The van der Waals surface area contributed by atoms with Crippen LogP contribution >= 0.6 is 23.6 Å². The van der Waals surface area contributed by atoms with E-state index in [-0.39, 0.29) is 0 Å². The van der Waals surface area contributed by atoms with Crippen molar-refractivity contribution in [2.24, 2.45) is 0 Å². The van der Waals surface area contributed by atoms with Crippen LogP contribution in [0.1, 0.15) is 10.6 Å². The van der Waals surface area contributed by atoms with Crippen LogP contribution in [0.3, 0.4) is 0 Å². The summed E-state index contributed by atoms with van der Waals surface area (Å²) in [5, 5.41) is 2.08. The Labute approximate surface area is 79.3 Å². The molecule has 2 aromatic heterocycles. The molecule has 0 fully saturated rings. The molecule has 0 saturated carbocycles. The summed E-state index contributed by atoms with van der Waals surface area (Å²) >= 11 is 6.68.